The van der Waals surface area contributed by atoms with Crippen LogP contribution < -0.4 is 5.73 Å². The molecule has 0 atom stereocenters. The van der Waals surface area contributed by atoms with Crippen molar-refractivity contribution in [2.75, 3.05) is 26.2 Å². The molecule has 2 saturated heterocycles. The number of pyridine rings is 1. The molecule has 0 bridgehead atoms. The summed E-state index contributed by atoms with van der Waals surface area (Å²) >= 11 is 0. The molecule has 31 heavy (non-hydrogen) atoms. The summed E-state index contributed by atoms with van der Waals surface area (Å²) in [7, 11) is 0. The van der Waals surface area contributed by atoms with Gasteiger partial charge >= 0.3 is 6.03 Å². The number of imide groups is 1. The number of primary amides is 1. The lowest BCUT2D eigenvalue weighted by molar-refractivity contribution is -0.137. The van der Waals surface area contributed by atoms with Gasteiger partial charge in [-0.1, -0.05) is 36.4 Å². The lowest BCUT2D eigenvalue weighted by atomic mass is 9.85. The Kier molecular flexibility index (Phi) is 5.99. The zero-order valence-electron chi connectivity index (χ0n) is 17.4. The third-order valence-electron chi connectivity index (χ3n) is 6.20. The second-order valence-electron chi connectivity index (χ2n) is 8.16. The van der Waals surface area contributed by atoms with Gasteiger partial charge in [0, 0.05) is 32.4 Å². The molecular weight excluding hydrogens is 394 g/mol. The predicted octanol–water partition coefficient (Wildman–Crippen LogP) is 1.41. The van der Waals surface area contributed by atoms with Gasteiger partial charge in [0.1, 0.15) is 12.1 Å². The normalized spacial score (nSPS) is 18.7. The molecule has 1 aromatic heterocycles. The van der Waals surface area contributed by atoms with Crippen LogP contribution in [-0.4, -0.2) is 69.2 Å². The third kappa shape index (κ3) is 4.29. The van der Waals surface area contributed by atoms with Gasteiger partial charge in [0.25, 0.3) is 5.91 Å². The van der Waals surface area contributed by atoms with E-state index in [1.54, 1.807) is 11.1 Å². The second-order valence-corrected chi connectivity index (χ2v) is 8.16. The summed E-state index contributed by atoms with van der Waals surface area (Å²) in [5.41, 5.74) is 6.47. The number of nitrogens with zero attached hydrogens (tertiary/aromatic N) is 4. The van der Waals surface area contributed by atoms with Gasteiger partial charge in [0.05, 0.1) is 5.69 Å². The number of piperidine rings is 1. The second kappa shape index (κ2) is 8.85. The minimum absolute atomic E-state index is 0.304. The molecule has 2 fully saturated rings. The van der Waals surface area contributed by atoms with E-state index in [1.165, 1.54) is 0 Å². The lowest BCUT2D eigenvalue weighted by Gasteiger charge is -2.42. The highest BCUT2D eigenvalue weighted by atomic mass is 16.2. The number of carbonyl (C=O) groups excluding carboxylic acids is 3. The van der Waals surface area contributed by atoms with Gasteiger partial charge in [-0.2, -0.15) is 0 Å². The van der Waals surface area contributed by atoms with Gasteiger partial charge < -0.3 is 10.6 Å². The molecule has 4 rings (SSSR count). The first-order valence-electron chi connectivity index (χ1n) is 10.6. The summed E-state index contributed by atoms with van der Waals surface area (Å²) < 4.78 is 0. The molecule has 2 aliphatic rings. The molecule has 3 heterocycles. The van der Waals surface area contributed by atoms with E-state index in [1.807, 2.05) is 48.5 Å². The average molecular weight is 422 g/mol. The smallest absolute Gasteiger partial charge is 0.328 e. The highest BCUT2D eigenvalue weighted by molar-refractivity contribution is 6.09. The highest BCUT2D eigenvalue weighted by Crippen LogP contribution is 2.37. The van der Waals surface area contributed by atoms with Crippen LogP contribution in [0.5, 0.6) is 0 Å². The third-order valence-corrected chi connectivity index (χ3v) is 6.20. The van der Waals surface area contributed by atoms with E-state index in [4.69, 9.17) is 5.73 Å². The topological polar surface area (TPSA) is 99.8 Å². The van der Waals surface area contributed by atoms with Crippen molar-refractivity contribution >= 4 is 17.8 Å². The van der Waals surface area contributed by atoms with Gasteiger partial charge in [-0.05, 0) is 37.0 Å². The van der Waals surface area contributed by atoms with Crippen molar-refractivity contribution in [2.24, 2.45) is 5.73 Å². The van der Waals surface area contributed by atoms with E-state index in [0.717, 1.165) is 16.2 Å². The Labute approximate surface area is 181 Å². The number of amides is 4. The van der Waals surface area contributed by atoms with Crippen LogP contribution in [0.2, 0.25) is 0 Å². The Hall–Kier alpha value is -3.26. The van der Waals surface area contributed by atoms with Gasteiger partial charge in [-0.3, -0.25) is 24.4 Å². The number of hydrogen-bond donors (Lipinski definition) is 1. The van der Waals surface area contributed by atoms with Crippen LogP contribution in [0.4, 0.5) is 4.79 Å². The number of nitrogens with two attached hydrogens (primary N) is 1. The van der Waals surface area contributed by atoms with Gasteiger partial charge in [0.2, 0.25) is 5.91 Å². The van der Waals surface area contributed by atoms with Crippen molar-refractivity contribution in [2.45, 2.75) is 31.3 Å². The van der Waals surface area contributed by atoms with Gasteiger partial charge in [-0.15, -0.1) is 0 Å². The number of rotatable bonds is 7. The molecule has 1 spiro atoms. The van der Waals surface area contributed by atoms with Crippen LogP contribution in [0.1, 0.15) is 24.1 Å². The Morgan fingerprint density at radius 2 is 1.74 bits per heavy atom. The summed E-state index contributed by atoms with van der Waals surface area (Å²) in [6.07, 6.45) is 3.46. The lowest BCUT2D eigenvalue weighted by Crippen LogP contribution is -2.56. The molecule has 1 aromatic carbocycles. The summed E-state index contributed by atoms with van der Waals surface area (Å²) in [6, 6.07) is 15.3. The first kappa shape index (κ1) is 21.0. The van der Waals surface area contributed by atoms with E-state index in [2.05, 4.69) is 9.88 Å². The number of hydrogen-bond acceptors (Lipinski definition) is 5. The van der Waals surface area contributed by atoms with E-state index >= 15 is 0 Å². The molecule has 2 N–H and O–H groups in total. The van der Waals surface area contributed by atoms with Crippen molar-refractivity contribution < 1.29 is 14.4 Å². The van der Waals surface area contributed by atoms with Crippen molar-refractivity contribution in [1.82, 2.24) is 19.7 Å². The van der Waals surface area contributed by atoms with Crippen molar-refractivity contribution in [3.05, 3.63) is 66.0 Å². The van der Waals surface area contributed by atoms with Crippen molar-refractivity contribution in [3.63, 3.8) is 0 Å². The Morgan fingerprint density at radius 3 is 2.39 bits per heavy atom. The Balaban J connectivity index is 1.51. The number of likely N-dealkylation sites (tertiary alicyclic amines) is 1. The molecule has 0 aliphatic carbocycles. The standard InChI is InChI=1S/C23H27N5O3/c24-20(29)17-27-21(30)23(28(22(27)31)13-9-18-6-2-1-3-7-18)10-14-26(15-11-23)16-19-8-4-5-12-25-19/h1-8,12H,9-11,13-17H2,(H2,24,29). The quantitative estimate of drug-likeness (QED) is 0.682. The van der Waals surface area contributed by atoms with Crippen LogP contribution in [-0.2, 0) is 22.6 Å². The number of urea groups is 1. The first-order chi connectivity index (χ1) is 15.0. The molecule has 0 saturated carbocycles. The number of benzene rings is 1. The fraction of sp³-hybridized carbons (Fsp3) is 0.391. The Bertz CT molecular complexity index is 942. The zero-order chi connectivity index (χ0) is 21.8. The van der Waals surface area contributed by atoms with Crippen molar-refractivity contribution in [3.8, 4) is 0 Å². The van der Waals surface area contributed by atoms with Crippen molar-refractivity contribution in [1.29, 1.82) is 0 Å². The van der Waals surface area contributed by atoms with Crippen LogP contribution >= 0.6 is 0 Å². The van der Waals surface area contributed by atoms with E-state index in [0.29, 0.717) is 45.4 Å². The maximum Gasteiger partial charge on any atom is 0.328 e. The summed E-state index contributed by atoms with van der Waals surface area (Å²) in [5, 5.41) is 0. The maximum absolute atomic E-state index is 13.3. The summed E-state index contributed by atoms with van der Waals surface area (Å²) in [4.78, 5) is 47.3. The molecule has 4 amide bonds. The first-order valence-corrected chi connectivity index (χ1v) is 10.6. The average Bonchev–Trinajstić information content (AvgIpc) is 2.96. The summed E-state index contributed by atoms with van der Waals surface area (Å²) in [6.45, 7) is 2.08. The maximum atomic E-state index is 13.3. The minimum Gasteiger partial charge on any atom is -0.368 e. The zero-order valence-corrected chi connectivity index (χ0v) is 17.4. The molecule has 2 aromatic rings. The largest absolute Gasteiger partial charge is 0.368 e. The monoisotopic (exact) mass is 421 g/mol. The number of carbonyl (C=O) groups is 3. The fourth-order valence-corrected chi connectivity index (χ4v) is 4.56. The molecule has 2 aliphatic heterocycles. The van der Waals surface area contributed by atoms with Gasteiger partial charge in [-0.25, -0.2) is 4.79 Å². The molecule has 8 nitrogen and oxygen atoms in total. The minimum atomic E-state index is -0.915. The van der Waals surface area contributed by atoms with Crippen LogP contribution in [0.25, 0.3) is 0 Å². The highest BCUT2D eigenvalue weighted by Gasteiger charge is 2.57. The molecule has 0 radical (unpaired) electrons. The predicted molar refractivity (Wildman–Crippen MR) is 115 cm³/mol. The van der Waals surface area contributed by atoms with Crippen LogP contribution in [0.3, 0.4) is 0 Å². The van der Waals surface area contributed by atoms with E-state index in [9.17, 15) is 14.4 Å². The molecule has 8 heteroatoms. The summed E-state index contributed by atoms with van der Waals surface area (Å²) in [5.74, 6) is -0.990. The SMILES string of the molecule is NC(=O)CN1C(=O)N(CCc2ccccc2)C2(CCN(Cc3ccccn3)CC2)C1=O. The van der Waals surface area contributed by atoms with E-state index < -0.39 is 17.5 Å². The van der Waals surface area contributed by atoms with Gasteiger partial charge in [0.15, 0.2) is 0 Å². The molecular formula is C23H27N5O3. The van der Waals surface area contributed by atoms with E-state index in [-0.39, 0.29) is 12.5 Å². The fourth-order valence-electron chi connectivity index (χ4n) is 4.56. The Morgan fingerprint density at radius 1 is 1.03 bits per heavy atom. The number of aromatic nitrogens is 1. The molecule has 0 unspecified atom stereocenters. The van der Waals surface area contributed by atoms with Crippen LogP contribution in [0.15, 0.2) is 54.7 Å². The molecule has 162 valence electrons. The van der Waals surface area contributed by atoms with Crippen LogP contribution in [0, 0.1) is 0 Å².